The first kappa shape index (κ1) is 47.8. The zero-order valence-electron chi connectivity index (χ0n) is 38.2. The number of cyclic esters (lactones) is 1. The standard InChI is InChI=1S/C50H76O10/c1-11-49(7,8)47(55)59-41-23-29(3)21-33-15-13-31(5)39(45(33)41)19-17-35(51)25-36(52)26-43(53)58-38-27-37(57-44(54)28-38)18-20-40-32(6)14-16-34-22-30(4)24-42(46(34)40)60-48(56)50(9,10)12-2/h13-16,21-22,29-32,35-42,45-46,51-52H,11-12,17-20,23-28H2,1-10H3/t29-,30-,31-,32-,35+,36+,37+,38+,39-,40-,41-,42-,45+,46+/m0/s1. The number of hydrogen-bond donors (Lipinski definition) is 2. The third kappa shape index (κ3) is 12.0. The summed E-state index contributed by atoms with van der Waals surface area (Å²) in [6.45, 7) is 20.3. The quantitative estimate of drug-likeness (QED) is 0.107. The van der Waals surface area contributed by atoms with Crippen molar-refractivity contribution in [3.63, 3.8) is 0 Å². The average molecular weight is 837 g/mol. The molecule has 4 aliphatic carbocycles. The minimum absolute atomic E-state index is 0.0194. The molecule has 2 N–H and O–H groups in total. The van der Waals surface area contributed by atoms with Crippen LogP contribution in [0.25, 0.3) is 0 Å². The molecule has 0 saturated carbocycles. The van der Waals surface area contributed by atoms with Crippen LogP contribution in [-0.2, 0) is 38.1 Å². The lowest BCUT2D eigenvalue weighted by Crippen LogP contribution is -2.43. The highest BCUT2D eigenvalue weighted by Gasteiger charge is 2.45. The van der Waals surface area contributed by atoms with Gasteiger partial charge in [0, 0.05) is 18.3 Å². The van der Waals surface area contributed by atoms with E-state index < -0.39 is 47.2 Å². The van der Waals surface area contributed by atoms with Gasteiger partial charge in [-0.1, -0.05) is 78.0 Å². The Hall–Kier alpha value is -3.24. The second-order valence-electron chi connectivity index (χ2n) is 20.5. The second kappa shape index (κ2) is 20.3. The van der Waals surface area contributed by atoms with E-state index in [0.29, 0.717) is 38.5 Å². The summed E-state index contributed by atoms with van der Waals surface area (Å²) in [5.41, 5.74) is 1.26. The van der Waals surface area contributed by atoms with Crippen LogP contribution in [0, 0.1) is 58.2 Å². The maximum atomic E-state index is 13.2. The van der Waals surface area contributed by atoms with E-state index in [0.717, 1.165) is 19.3 Å². The Morgan fingerprint density at radius 2 is 1.23 bits per heavy atom. The molecule has 1 heterocycles. The van der Waals surface area contributed by atoms with Crippen molar-refractivity contribution in [3.05, 3.63) is 47.6 Å². The lowest BCUT2D eigenvalue weighted by Gasteiger charge is -2.44. The zero-order valence-corrected chi connectivity index (χ0v) is 38.2. The van der Waals surface area contributed by atoms with Gasteiger partial charge in [0.15, 0.2) is 0 Å². The first-order valence-corrected chi connectivity index (χ1v) is 23.2. The van der Waals surface area contributed by atoms with Crippen molar-refractivity contribution in [1.82, 2.24) is 0 Å². The molecule has 14 atom stereocenters. The Morgan fingerprint density at radius 3 is 1.73 bits per heavy atom. The number of fused-ring (bicyclic) bond motifs is 2. The Labute approximate surface area is 360 Å². The van der Waals surface area contributed by atoms with Crippen LogP contribution in [-0.4, -0.2) is 70.7 Å². The molecule has 0 radical (unpaired) electrons. The van der Waals surface area contributed by atoms with Crippen LogP contribution in [0.3, 0.4) is 0 Å². The van der Waals surface area contributed by atoms with E-state index in [1.54, 1.807) is 0 Å². The summed E-state index contributed by atoms with van der Waals surface area (Å²) in [4.78, 5) is 52.3. The number of carbonyl (C=O) groups is 4. The first-order chi connectivity index (χ1) is 28.2. The maximum absolute atomic E-state index is 13.2. The number of allylic oxidation sites excluding steroid dienone is 6. The molecule has 0 bridgehead atoms. The van der Waals surface area contributed by atoms with Crippen LogP contribution in [0.4, 0.5) is 0 Å². The van der Waals surface area contributed by atoms with Gasteiger partial charge in [-0.2, -0.15) is 0 Å². The van der Waals surface area contributed by atoms with Crippen molar-refractivity contribution in [2.24, 2.45) is 58.2 Å². The summed E-state index contributed by atoms with van der Waals surface area (Å²) < 4.78 is 24.0. The molecule has 10 nitrogen and oxygen atoms in total. The summed E-state index contributed by atoms with van der Waals surface area (Å²) in [5.74, 6) is 0.0528. The van der Waals surface area contributed by atoms with Crippen molar-refractivity contribution in [2.45, 2.75) is 183 Å². The van der Waals surface area contributed by atoms with Crippen molar-refractivity contribution in [3.8, 4) is 0 Å². The fourth-order valence-corrected chi connectivity index (χ4v) is 10.1. The predicted octanol–water partition coefficient (Wildman–Crippen LogP) is 9.17. The fourth-order valence-electron chi connectivity index (χ4n) is 10.1. The fraction of sp³-hybridized carbons (Fsp3) is 0.760. The minimum atomic E-state index is -1.11. The van der Waals surface area contributed by atoms with Gasteiger partial charge in [-0.25, -0.2) is 0 Å². The Kier molecular flexibility index (Phi) is 16.2. The van der Waals surface area contributed by atoms with Gasteiger partial charge in [0.1, 0.15) is 24.4 Å². The second-order valence-corrected chi connectivity index (χ2v) is 20.5. The average Bonchev–Trinajstić information content (AvgIpc) is 3.16. The maximum Gasteiger partial charge on any atom is 0.311 e. The number of carbonyl (C=O) groups excluding carboxylic acids is 4. The summed E-state index contributed by atoms with van der Waals surface area (Å²) in [6.07, 6.45) is 15.2. The highest BCUT2D eigenvalue weighted by molar-refractivity contribution is 5.76. The molecule has 336 valence electrons. The normalized spacial score (nSPS) is 33.9. The van der Waals surface area contributed by atoms with E-state index in [9.17, 15) is 29.4 Å². The van der Waals surface area contributed by atoms with Crippen molar-refractivity contribution >= 4 is 23.9 Å². The third-order valence-electron chi connectivity index (χ3n) is 14.7. The highest BCUT2D eigenvalue weighted by atomic mass is 16.6. The number of aliphatic hydroxyl groups is 2. The molecule has 1 fully saturated rings. The van der Waals surface area contributed by atoms with Crippen molar-refractivity contribution in [1.29, 1.82) is 0 Å². The largest absolute Gasteiger partial charge is 0.462 e. The van der Waals surface area contributed by atoms with Crippen LogP contribution in [0.1, 0.15) is 146 Å². The van der Waals surface area contributed by atoms with Gasteiger partial charge in [-0.15, -0.1) is 0 Å². The van der Waals surface area contributed by atoms with E-state index in [1.165, 1.54) is 11.1 Å². The molecule has 5 rings (SSSR count). The van der Waals surface area contributed by atoms with Crippen LogP contribution in [0.15, 0.2) is 47.6 Å². The van der Waals surface area contributed by atoms with Gasteiger partial charge in [0.2, 0.25) is 0 Å². The Balaban J connectivity index is 1.11. The SMILES string of the molecule is CCC(C)(C)C(=O)O[C@H]1C[C@@H](C)C=C2C=C[C@H](C)[C@H](CC[C@@H](O)C[C@@H](O)CC(=O)O[C@H]3CC(=O)O[C@H](CC[C@@H]4[C@H]5C(=C[C@H](C)C[C@@H]5OC(=O)C(C)(C)CC)C=C[C@@H]4C)C3)[C@@H]21. The van der Waals surface area contributed by atoms with Gasteiger partial charge in [0.25, 0.3) is 0 Å². The van der Waals surface area contributed by atoms with Gasteiger partial charge < -0.3 is 29.2 Å². The molecular weight excluding hydrogens is 761 g/mol. The third-order valence-corrected chi connectivity index (χ3v) is 14.7. The van der Waals surface area contributed by atoms with Gasteiger partial charge in [-0.3, -0.25) is 19.2 Å². The Morgan fingerprint density at radius 1 is 0.733 bits per heavy atom. The summed E-state index contributed by atoms with van der Waals surface area (Å²) in [7, 11) is 0. The first-order valence-electron chi connectivity index (χ1n) is 23.2. The highest BCUT2D eigenvalue weighted by Crippen LogP contribution is 2.47. The van der Waals surface area contributed by atoms with Crippen LogP contribution in [0.5, 0.6) is 0 Å². The molecule has 1 saturated heterocycles. The summed E-state index contributed by atoms with van der Waals surface area (Å²) in [6, 6.07) is 0. The summed E-state index contributed by atoms with van der Waals surface area (Å²) in [5, 5.41) is 22.0. The van der Waals surface area contributed by atoms with Crippen molar-refractivity contribution in [2.75, 3.05) is 0 Å². The monoisotopic (exact) mass is 837 g/mol. The number of aliphatic hydroxyl groups excluding tert-OH is 2. The van der Waals surface area contributed by atoms with E-state index in [1.807, 2.05) is 41.5 Å². The molecule has 0 aromatic carbocycles. The lowest BCUT2D eigenvalue weighted by molar-refractivity contribution is -0.172. The van der Waals surface area contributed by atoms with E-state index in [4.69, 9.17) is 18.9 Å². The molecule has 10 heteroatoms. The smallest absolute Gasteiger partial charge is 0.311 e. The number of rotatable bonds is 17. The van der Waals surface area contributed by atoms with Crippen molar-refractivity contribution < 1.29 is 48.3 Å². The molecule has 0 aromatic heterocycles. The van der Waals surface area contributed by atoms with E-state index >= 15 is 0 Å². The number of hydrogen-bond acceptors (Lipinski definition) is 10. The molecular formula is C50H76O10. The number of esters is 4. The van der Waals surface area contributed by atoms with Crippen LogP contribution in [0.2, 0.25) is 0 Å². The van der Waals surface area contributed by atoms with Gasteiger partial charge >= 0.3 is 23.9 Å². The van der Waals surface area contributed by atoms with E-state index in [-0.39, 0.29) is 90.8 Å². The predicted molar refractivity (Wildman–Crippen MR) is 231 cm³/mol. The molecule has 60 heavy (non-hydrogen) atoms. The summed E-state index contributed by atoms with van der Waals surface area (Å²) >= 11 is 0. The minimum Gasteiger partial charge on any atom is -0.462 e. The lowest BCUT2D eigenvalue weighted by atomic mass is 9.65. The molecule has 0 unspecified atom stereocenters. The molecule has 0 aromatic rings. The molecule has 0 spiro atoms. The molecule has 1 aliphatic heterocycles. The molecule has 5 aliphatic rings. The zero-order chi connectivity index (χ0) is 44.1. The number of ether oxygens (including phenoxy) is 4. The van der Waals surface area contributed by atoms with E-state index in [2.05, 4.69) is 64.2 Å². The van der Waals surface area contributed by atoms with Gasteiger partial charge in [-0.05, 0) is 132 Å². The van der Waals surface area contributed by atoms with Crippen LogP contribution < -0.4 is 0 Å². The molecule has 0 amide bonds. The Bertz CT molecular complexity index is 1650. The topological polar surface area (TPSA) is 146 Å². The van der Waals surface area contributed by atoms with Gasteiger partial charge in [0.05, 0.1) is 35.9 Å². The van der Waals surface area contributed by atoms with Crippen LogP contribution >= 0.6 is 0 Å².